The van der Waals surface area contributed by atoms with Crippen molar-refractivity contribution < 1.29 is 5.03 Å². The van der Waals surface area contributed by atoms with Gasteiger partial charge in [0.25, 0.3) is 5.96 Å². The second-order valence-electron chi connectivity index (χ2n) is 3.27. The van der Waals surface area contributed by atoms with Crippen LogP contribution in [-0.2, 0) is 5.75 Å². The molecule has 0 fully saturated rings. The summed E-state index contributed by atoms with van der Waals surface area (Å²) in [6, 6.07) is 0. The summed E-state index contributed by atoms with van der Waals surface area (Å²) in [6.07, 6.45) is 1.62. The highest BCUT2D eigenvalue weighted by atomic mass is 32.2. The highest BCUT2D eigenvalue weighted by molar-refractivity contribution is 7.98. The Kier molecular flexibility index (Phi) is 4.76. The van der Waals surface area contributed by atoms with E-state index in [0.29, 0.717) is 16.5 Å². The molecule has 0 aliphatic heterocycles. The van der Waals surface area contributed by atoms with E-state index < -0.39 is 11.0 Å². The molecular formula is C8H14N6O2S. The smallest absolute Gasteiger partial charge is 0.252 e. The minimum atomic E-state index is -0.676. The van der Waals surface area contributed by atoms with Gasteiger partial charge in [0.05, 0.1) is 18.6 Å². The lowest BCUT2D eigenvalue weighted by Crippen LogP contribution is -2.42. The summed E-state index contributed by atoms with van der Waals surface area (Å²) in [7, 11) is 0. The standard InChI is InChI=1S/C8H14N6O2S/c1-6-7(12-5-11-6)4-17-3-2-13(8(9)10)14(15)16/h5H,2-4H2,1H3,(H3,9,10)(H,11,12). The molecule has 8 nitrogen and oxygen atoms in total. The summed E-state index contributed by atoms with van der Waals surface area (Å²) >= 11 is 1.52. The van der Waals surface area contributed by atoms with Crippen molar-refractivity contribution in [2.24, 2.45) is 5.73 Å². The van der Waals surface area contributed by atoms with Gasteiger partial charge in [-0.1, -0.05) is 5.01 Å². The number of H-pyrrole nitrogens is 1. The maximum atomic E-state index is 10.5. The van der Waals surface area contributed by atoms with Gasteiger partial charge in [0.1, 0.15) is 0 Å². The van der Waals surface area contributed by atoms with E-state index in [0.717, 1.165) is 11.4 Å². The van der Waals surface area contributed by atoms with Crippen LogP contribution in [0.5, 0.6) is 0 Å². The number of imidazole rings is 1. The van der Waals surface area contributed by atoms with Gasteiger partial charge in [-0.3, -0.25) is 5.41 Å². The fourth-order valence-corrected chi connectivity index (χ4v) is 2.09. The van der Waals surface area contributed by atoms with Crippen LogP contribution in [0.3, 0.4) is 0 Å². The Morgan fingerprint density at radius 2 is 2.53 bits per heavy atom. The number of hydrogen-bond donors (Lipinski definition) is 3. The predicted molar refractivity (Wildman–Crippen MR) is 65.1 cm³/mol. The van der Waals surface area contributed by atoms with Crippen molar-refractivity contribution in [3.05, 3.63) is 27.8 Å². The number of hydrogen-bond acceptors (Lipinski definition) is 5. The van der Waals surface area contributed by atoms with Gasteiger partial charge in [-0.25, -0.2) is 15.1 Å². The summed E-state index contributed by atoms with van der Waals surface area (Å²) in [5, 5.41) is 17.5. The number of thioether (sulfide) groups is 1. The van der Waals surface area contributed by atoms with E-state index in [1.165, 1.54) is 11.8 Å². The molecule has 0 amide bonds. The second-order valence-corrected chi connectivity index (χ2v) is 4.37. The van der Waals surface area contributed by atoms with Crippen LogP contribution in [0.1, 0.15) is 11.4 Å². The summed E-state index contributed by atoms with van der Waals surface area (Å²) in [4.78, 5) is 17.5. The average Bonchev–Trinajstić information content (AvgIpc) is 2.63. The molecule has 1 aromatic rings. The number of aryl methyl sites for hydroxylation is 1. The fraction of sp³-hybridized carbons (Fsp3) is 0.500. The van der Waals surface area contributed by atoms with Gasteiger partial charge in [-0.05, 0) is 6.92 Å². The lowest BCUT2D eigenvalue weighted by molar-refractivity contribution is -0.628. The first kappa shape index (κ1) is 13.3. The first-order chi connectivity index (χ1) is 8.02. The van der Waals surface area contributed by atoms with Crippen molar-refractivity contribution in [3.8, 4) is 0 Å². The molecule has 0 radical (unpaired) electrons. The van der Waals surface area contributed by atoms with Gasteiger partial charge < -0.3 is 10.7 Å². The number of nitrogens with one attached hydrogen (secondary N) is 2. The van der Waals surface area contributed by atoms with E-state index in [4.69, 9.17) is 11.1 Å². The number of nitrogens with two attached hydrogens (primary N) is 1. The van der Waals surface area contributed by atoms with E-state index in [2.05, 4.69) is 9.97 Å². The molecule has 1 heterocycles. The Hall–Kier alpha value is -1.77. The van der Waals surface area contributed by atoms with Crippen LogP contribution in [-0.4, -0.2) is 38.3 Å². The molecule has 0 aliphatic carbocycles. The maximum Gasteiger partial charge on any atom is 0.252 e. The summed E-state index contributed by atoms with van der Waals surface area (Å²) < 4.78 is 0. The van der Waals surface area contributed by atoms with E-state index in [-0.39, 0.29) is 6.54 Å². The zero-order valence-corrected chi connectivity index (χ0v) is 10.2. The molecule has 17 heavy (non-hydrogen) atoms. The molecule has 0 spiro atoms. The lowest BCUT2D eigenvalue weighted by Gasteiger charge is -2.10. The van der Waals surface area contributed by atoms with Crippen molar-refractivity contribution in [2.45, 2.75) is 12.7 Å². The van der Waals surface area contributed by atoms with Crippen LogP contribution >= 0.6 is 11.8 Å². The Morgan fingerprint density at radius 1 is 1.82 bits per heavy atom. The molecular weight excluding hydrogens is 244 g/mol. The number of nitro groups is 1. The van der Waals surface area contributed by atoms with Gasteiger partial charge in [0.2, 0.25) is 0 Å². The fourth-order valence-electron chi connectivity index (χ4n) is 1.15. The third-order valence-corrected chi connectivity index (χ3v) is 3.07. The van der Waals surface area contributed by atoms with E-state index >= 15 is 0 Å². The Morgan fingerprint density at radius 3 is 3.00 bits per heavy atom. The van der Waals surface area contributed by atoms with Crippen molar-refractivity contribution in [1.82, 2.24) is 15.0 Å². The van der Waals surface area contributed by atoms with Crippen molar-refractivity contribution >= 4 is 17.7 Å². The molecule has 0 aromatic carbocycles. The third kappa shape index (κ3) is 3.94. The van der Waals surface area contributed by atoms with Crippen molar-refractivity contribution in [3.63, 3.8) is 0 Å². The van der Waals surface area contributed by atoms with E-state index in [1.54, 1.807) is 6.33 Å². The number of hydrazine groups is 1. The molecule has 4 N–H and O–H groups in total. The largest absolute Gasteiger partial charge is 0.365 e. The van der Waals surface area contributed by atoms with Crippen LogP contribution in [0.4, 0.5) is 0 Å². The number of guanidine groups is 1. The second kappa shape index (κ2) is 6.09. The SMILES string of the molecule is Cc1nc[nH]c1CSCCN(C(=N)N)[N+](=O)[O-]. The predicted octanol–water partition coefficient (Wildman–Crippen LogP) is 0.338. The van der Waals surface area contributed by atoms with Gasteiger partial charge in [0.15, 0.2) is 5.03 Å². The van der Waals surface area contributed by atoms with Gasteiger partial charge in [-0.15, -0.1) is 0 Å². The van der Waals surface area contributed by atoms with E-state index in [1.807, 2.05) is 6.92 Å². The molecule has 0 bridgehead atoms. The van der Waals surface area contributed by atoms with Crippen LogP contribution in [0.15, 0.2) is 6.33 Å². The first-order valence-corrected chi connectivity index (χ1v) is 6.00. The van der Waals surface area contributed by atoms with Crippen molar-refractivity contribution in [2.75, 3.05) is 12.3 Å². The van der Waals surface area contributed by atoms with Gasteiger partial charge in [-0.2, -0.15) is 11.8 Å². The minimum Gasteiger partial charge on any atom is -0.365 e. The molecule has 0 aliphatic rings. The van der Waals surface area contributed by atoms with Crippen molar-refractivity contribution in [1.29, 1.82) is 5.41 Å². The molecule has 0 saturated carbocycles. The Labute approximate surface area is 102 Å². The maximum absolute atomic E-state index is 10.5. The molecule has 0 atom stereocenters. The summed E-state index contributed by atoms with van der Waals surface area (Å²) in [6.45, 7) is 2.01. The van der Waals surface area contributed by atoms with Gasteiger partial charge in [0, 0.05) is 17.2 Å². The zero-order chi connectivity index (χ0) is 12.8. The number of aromatic amines is 1. The molecule has 1 aromatic heterocycles. The Bertz CT molecular complexity index is 392. The number of nitrogens with zero attached hydrogens (tertiary/aromatic N) is 3. The molecule has 0 unspecified atom stereocenters. The van der Waals surface area contributed by atoms with Crippen LogP contribution in [0.2, 0.25) is 0 Å². The average molecular weight is 258 g/mol. The summed E-state index contributed by atoms with van der Waals surface area (Å²) in [5.74, 6) is 0.669. The Balaban J connectivity index is 2.30. The first-order valence-electron chi connectivity index (χ1n) is 4.85. The molecule has 94 valence electrons. The van der Waals surface area contributed by atoms with Crippen LogP contribution < -0.4 is 5.73 Å². The minimum absolute atomic E-state index is 0.111. The lowest BCUT2D eigenvalue weighted by atomic mass is 10.4. The van der Waals surface area contributed by atoms with Crippen LogP contribution in [0, 0.1) is 22.4 Å². The summed E-state index contributed by atoms with van der Waals surface area (Å²) in [5.41, 5.74) is 7.01. The number of rotatable bonds is 6. The molecule has 1 rings (SSSR count). The molecule has 9 heteroatoms. The van der Waals surface area contributed by atoms with Crippen LogP contribution in [0.25, 0.3) is 0 Å². The monoisotopic (exact) mass is 258 g/mol. The molecule has 0 saturated heterocycles. The highest BCUT2D eigenvalue weighted by Crippen LogP contribution is 2.12. The van der Waals surface area contributed by atoms with E-state index in [9.17, 15) is 10.1 Å². The zero-order valence-electron chi connectivity index (χ0n) is 9.34. The normalized spacial score (nSPS) is 10.2. The quantitative estimate of drug-likeness (QED) is 0.222. The number of aromatic nitrogens is 2. The van der Waals surface area contributed by atoms with Gasteiger partial charge >= 0.3 is 0 Å². The topological polar surface area (TPSA) is 125 Å². The third-order valence-electron chi connectivity index (χ3n) is 2.10. The highest BCUT2D eigenvalue weighted by Gasteiger charge is 2.17.